The first kappa shape index (κ1) is 21.0. The van der Waals surface area contributed by atoms with Gasteiger partial charge in [-0.2, -0.15) is 0 Å². The van der Waals surface area contributed by atoms with Gasteiger partial charge in [0.25, 0.3) is 15.9 Å². The zero-order valence-corrected chi connectivity index (χ0v) is 18.1. The summed E-state index contributed by atoms with van der Waals surface area (Å²) in [6.07, 6.45) is 0.838. The van der Waals surface area contributed by atoms with Crippen LogP contribution in [-0.4, -0.2) is 19.3 Å². The number of anilines is 2. The Morgan fingerprint density at radius 2 is 1.81 bits per heavy atom. The van der Waals surface area contributed by atoms with Crippen LogP contribution in [0.1, 0.15) is 22.8 Å². The molecule has 0 saturated heterocycles. The highest BCUT2D eigenvalue weighted by Gasteiger charge is 2.16. The van der Waals surface area contributed by atoms with Gasteiger partial charge in [0.1, 0.15) is 5.82 Å². The number of thiazole rings is 1. The van der Waals surface area contributed by atoms with E-state index in [-0.39, 0.29) is 16.1 Å². The first-order valence-electron chi connectivity index (χ1n) is 9.44. The molecular weight excluding hydrogens is 437 g/mol. The number of hydrogen-bond donors (Lipinski definition) is 2. The van der Waals surface area contributed by atoms with E-state index in [4.69, 9.17) is 0 Å². The second-order valence-electron chi connectivity index (χ2n) is 6.73. The van der Waals surface area contributed by atoms with Crippen LogP contribution >= 0.6 is 11.3 Å². The van der Waals surface area contributed by atoms with E-state index < -0.39 is 21.7 Å². The van der Waals surface area contributed by atoms with E-state index in [1.165, 1.54) is 35.6 Å². The monoisotopic (exact) mass is 455 g/mol. The minimum absolute atomic E-state index is 0.0787. The van der Waals surface area contributed by atoms with Crippen molar-refractivity contribution in [3.8, 4) is 0 Å². The molecule has 4 rings (SSSR count). The van der Waals surface area contributed by atoms with E-state index in [1.807, 2.05) is 25.1 Å². The van der Waals surface area contributed by atoms with Gasteiger partial charge in [-0.3, -0.25) is 14.8 Å². The number of aryl methyl sites for hydroxylation is 1. The van der Waals surface area contributed by atoms with Gasteiger partial charge in [-0.05, 0) is 60.5 Å². The molecule has 0 aliphatic carbocycles. The molecule has 2 N–H and O–H groups in total. The fourth-order valence-corrected chi connectivity index (χ4v) is 5.02. The third-order valence-corrected chi connectivity index (χ3v) is 6.94. The minimum Gasteiger partial charge on any atom is -0.298 e. The highest BCUT2D eigenvalue weighted by molar-refractivity contribution is 7.92. The largest absolute Gasteiger partial charge is 0.298 e. The number of fused-ring (bicyclic) bond motifs is 1. The molecule has 4 aromatic rings. The number of aromatic nitrogens is 1. The number of carbonyl (C=O) groups is 1. The third-order valence-electron chi connectivity index (χ3n) is 4.60. The molecule has 0 aliphatic heterocycles. The number of benzene rings is 3. The normalized spacial score (nSPS) is 11.4. The Morgan fingerprint density at radius 1 is 1.06 bits per heavy atom. The minimum atomic E-state index is -3.92. The maximum atomic E-state index is 13.1. The van der Waals surface area contributed by atoms with Gasteiger partial charge < -0.3 is 0 Å². The zero-order valence-electron chi connectivity index (χ0n) is 16.4. The predicted octanol–water partition coefficient (Wildman–Crippen LogP) is 5.05. The highest BCUT2D eigenvalue weighted by atomic mass is 32.2. The lowest BCUT2D eigenvalue weighted by Crippen LogP contribution is -2.15. The van der Waals surface area contributed by atoms with Gasteiger partial charge >= 0.3 is 0 Å². The van der Waals surface area contributed by atoms with Gasteiger partial charge in [0.2, 0.25) is 0 Å². The summed E-state index contributed by atoms with van der Waals surface area (Å²) in [6.45, 7) is 2.05. The summed E-state index contributed by atoms with van der Waals surface area (Å²) < 4.78 is 41.5. The number of amides is 1. The summed E-state index contributed by atoms with van der Waals surface area (Å²) in [7, 11) is -3.92. The van der Waals surface area contributed by atoms with Crippen molar-refractivity contribution in [2.45, 2.75) is 18.2 Å². The summed E-state index contributed by atoms with van der Waals surface area (Å²) in [5.74, 6) is -0.932. The lowest BCUT2D eigenvalue weighted by atomic mass is 10.1. The maximum absolute atomic E-state index is 13.1. The number of carbonyl (C=O) groups excluding carboxylic acids is 1. The zero-order chi connectivity index (χ0) is 22.0. The number of sulfonamides is 1. The molecule has 0 aliphatic rings. The molecular formula is C22H18FN3O3S2. The van der Waals surface area contributed by atoms with Crippen molar-refractivity contribution in [1.82, 2.24) is 4.98 Å². The Balaban J connectivity index is 1.54. The van der Waals surface area contributed by atoms with Crippen LogP contribution in [0.15, 0.2) is 71.6 Å². The van der Waals surface area contributed by atoms with E-state index in [2.05, 4.69) is 15.0 Å². The molecule has 3 aromatic carbocycles. The second-order valence-corrected chi connectivity index (χ2v) is 9.44. The molecule has 6 nitrogen and oxygen atoms in total. The number of hydrogen-bond acceptors (Lipinski definition) is 5. The van der Waals surface area contributed by atoms with Crippen LogP contribution in [0.3, 0.4) is 0 Å². The first-order chi connectivity index (χ1) is 14.9. The van der Waals surface area contributed by atoms with E-state index in [1.54, 1.807) is 12.1 Å². The quantitative estimate of drug-likeness (QED) is 0.426. The highest BCUT2D eigenvalue weighted by Crippen LogP contribution is 2.29. The number of nitrogens with zero attached hydrogens (tertiary/aromatic N) is 1. The summed E-state index contributed by atoms with van der Waals surface area (Å²) in [6, 6.07) is 16.5. The molecule has 1 amide bonds. The van der Waals surface area contributed by atoms with Crippen LogP contribution < -0.4 is 10.0 Å². The van der Waals surface area contributed by atoms with Crippen molar-refractivity contribution in [2.75, 3.05) is 10.0 Å². The molecule has 158 valence electrons. The molecule has 0 atom stereocenters. The van der Waals surface area contributed by atoms with E-state index in [0.29, 0.717) is 5.13 Å². The van der Waals surface area contributed by atoms with Gasteiger partial charge in [-0.15, -0.1) is 0 Å². The molecule has 31 heavy (non-hydrogen) atoms. The van der Waals surface area contributed by atoms with Crippen LogP contribution in [0, 0.1) is 5.82 Å². The summed E-state index contributed by atoms with van der Waals surface area (Å²) in [4.78, 5) is 17.2. The Bertz CT molecular complexity index is 1370. The molecule has 0 fully saturated rings. The molecule has 1 aromatic heterocycles. The SMILES string of the molecule is CCc1cccc2sc(NC(=O)c3cccc(NS(=O)(=O)c4ccc(F)cc4)c3)nc12. The molecule has 0 spiro atoms. The van der Waals surface area contributed by atoms with Crippen LogP contribution in [0.2, 0.25) is 0 Å². The van der Waals surface area contributed by atoms with Crippen molar-refractivity contribution in [3.05, 3.63) is 83.7 Å². The number of rotatable bonds is 6. The average Bonchev–Trinajstić information content (AvgIpc) is 3.16. The molecule has 0 radical (unpaired) electrons. The predicted molar refractivity (Wildman–Crippen MR) is 121 cm³/mol. The number of nitrogens with one attached hydrogen (secondary N) is 2. The molecule has 0 unspecified atom stereocenters. The maximum Gasteiger partial charge on any atom is 0.261 e. The fraction of sp³-hybridized carbons (Fsp3) is 0.0909. The summed E-state index contributed by atoms with van der Waals surface area (Å²) >= 11 is 1.38. The number of halogens is 1. The number of para-hydroxylation sites is 1. The van der Waals surface area contributed by atoms with Gasteiger partial charge in [0, 0.05) is 11.3 Å². The lowest BCUT2D eigenvalue weighted by molar-refractivity contribution is 0.102. The van der Waals surface area contributed by atoms with Crippen molar-refractivity contribution in [1.29, 1.82) is 0 Å². The molecule has 9 heteroatoms. The Kier molecular flexibility index (Phi) is 5.71. The van der Waals surface area contributed by atoms with E-state index in [9.17, 15) is 17.6 Å². The smallest absolute Gasteiger partial charge is 0.261 e. The van der Waals surface area contributed by atoms with E-state index in [0.717, 1.165) is 34.3 Å². The van der Waals surface area contributed by atoms with Crippen LogP contribution in [0.25, 0.3) is 10.2 Å². The van der Waals surface area contributed by atoms with Crippen molar-refractivity contribution in [3.63, 3.8) is 0 Å². The second kappa shape index (κ2) is 8.44. The first-order valence-corrected chi connectivity index (χ1v) is 11.7. The summed E-state index contributed by atoms with van der Waals surface area (Å²) in [5.41, 5.74) is 2.46. The Labute approximate surface area is 182 Å². The lowest BCUT2D eigenvalue weighted by Gasteiger charge is -2.09. The Morgan fingerprint density at radius 3 is 2.55 bits per heavy atom. The van der Waals surface area contributed by atoms with Crippen LogP contribution in [-0.2, 0) is 16.4 Å². The molecule has 0 saturated carbocycles. The topological polar surface area (TPSA) is 88.2 Å². The molecule has 1 heterocycles. The third kappa shape index (κ3) is 4.57. The average molecular weight is 456 g/mol. The van der Waals surface area contributed by atoms with Gasteiger partial charge in [-0.25, -0.2) is 17.8 Å². The van der Waals surface area contributed by atoms with Gasteiger partial charge in [-0.1, -0.05) is 36.5 Å². The van der Waals surface area contributed by atoms with Crippen LogP contribution in [0.4, 0.5) is 15.2 Å². The van der Waals surface area contributed by atoms with Gasteiger partial charge in [0.15, 0.2) is 5.13 Å². The fourth-order valence-electron chi connectivity index (χ4n) is 3.07. The van der Waals surface area contributed by atoms with E-state index >= 15 is 0 Å². The van der Waals surface area contributed by atoms with Crippen molar-refractivity contribution in [2.24, 2.45) is 0 Å². The standard InChI is InChI=1S/C22H18FN3O3S2/c1-2-14-5-4-8-19-20(14)24-22(30-19)25-21(27)15-6-3-7-17(13-15)26-31(28,29)18-11-9-16(23)10-12-18/h3-13,26H,2H2,1H3,(H,24,25,27). The van der Waals surface area contributed by atoms with Crippen molar-refractivity contribution < 1.29 is 17.6 Å². The van der Waals surface area contributed by atoms with Gasteiger partial charge in [0.05, 0.1) is 15.1 Å². The summed E-state index contributed by atoms with van der Waals surface area (Å²) in [5, 5.41) is 3.25. The van der Waals surface area contributed by atoms with Crippen molar-refractivity contribution >= 4 is 48.3 Å². The Hall–Kier alpha value is -3.30. The van der Waals surface area contributed by atoms with Crippen LogP contribution in [0.5, 0.6) is 0 Å². The molecule has 0 bridgehead atoms.